The minimum atomic E-state index is -0.358. The Labute approximate surface area is 143 Å². The second kappa shape index (κ2) is 7.70. The Morgan fingerprint density at radius 2 is 1.50 bits per heavy atom. The van der Waals surface area contributed by atoms with Gasteiger partial charge in [-0.25, -0.2) is 0 Å². The maximum atomic E-state index is 11.5. The van der Waals surface area contributed by atoms with Crippen molar-refractivity contribution in [3.63, 3.8) is 0 Å². The van der Waals surface area contributed by atoms with Gasteiger partial charge in [0.2, 0.25) is 0 Å². The zero-order valence-corrected chi connectivity index (χ0v) is 13.5. The van der Waals surface area contributed by atoms with Crippen molar-refractivity contribution in [1.82, 2.24) is 5.32 Å². The van der Waals surface area contributed by atoms with E-state index in [0.29, 0.717) is 23.9 Å². The third kappa shape index (κ3) is 4.39. The van der Waals surface area contributed by atoms with E-state index in [1.165, 1.54) is 0 Å². The van der Waals surface area contributed by atoms with Crippen LogP contribution in [-0.2, 0) is 4.79 Å². The highest BCUT2D eigenvalue weighted by atomic mass is 32.2. The fourth-order valence-corrected chi connectivity index (χ4v) is 2.75. The average molecular weight is 341 g/mol. The molecule has 5 nitrogen and oxygen atoms in total. The molecule has 0 bridgehead atoms. The highest BCUT2D eigenvalue weighted by molar-refractivity contribution is 8.18. The number of ether oxygens (including phenoxy) is 2. The van der Waals surface area contributed by atoms with Crippen LogP contribution in [0.3, 0.4) is 0 Å². The van der Waals surface area contributed by atoms with E-state index < -0.39 is 0 Å². The van der Waals surface area contributed by atoms with Gasteiger partial charge in [-0.2, -0.15) is 0 Å². The molecule has 24 heavy (non-hydrogen) atoms. The van der Waals surface area contributed by atoms with Crippen molar-refractivity contribution in [3.8, 4) is 11.5 Å². The maximum Gasteiger partial charge on any atom is 0.290 e. The Balaban J connectivity index is 1.49. The fourth-order valence-electron chi connectivity index (χ4n) is 2.07. The van der Waals surface area contributed by atoms with E-state index in [0.717, 1.165) is 23.1 Å². The highest BCUT2D eigenvalue weighted by Crippen LogP contribution is 2.26. The van der Waals surface area contributed by atoms with Crippen molar-refractivity contribution in [2.24, 2.45) is 0 Å². The maximum absolute atomic E-state index is 11.5. The summed E-state index contributed by atoms with van der Waals surface area (Å²) in [6, 6.07) is 16.8. The molecule has 0 unspecified atom stereocenters. The van der Waals surface area contributed by atoms with Gasteiger partial charge in [0.1, 0.15) is 24.7 Å². The van der Waals surface area contributed by atoms with Gasteiger partial charge in [-0.1, -0.05) is 30.3 Å². The van der Waals surface area contributed by atoms with Gasteiger partial charge in [-0.05, 0) is 47.7 Å². The van der Waals surface area contributed by atoms with Crippen molar-refractivity contribution < 1.29 is 19.1 Å². The normalized spacial score (nSPS) is 15.4. The van der Waals surface area contributed by atoms with E-state index in [4.69, 9.17) is 9.47 Å². The lowest BCUT2D eigenvalue weighted by atomic mass is 10.2. The molecule has 0 aromatic heterocycles. The number of imide groups is 1. The van der Waals surface area contributed by atoms with Gasteiger partial charge >= 0.3 is 0 Å². The molecule has 0 radical (unpaired) electrons. The van der Waals surface area contributed by atoms with Gasteiger partial charge < -0.3 is 9.47 Å². The summed E-state index contributed by atoms with van der Waals surface area (Å²) in [4.78, 5) is 23.0. The average Bonchev–Trinajstić information content (AvgIpc) is 2.91. The number of thioether (sulfide) groups is 1. The molecule has 1 saturated heterocycles. The van der Waals surface area contributed by atoms with Gasteiger partial charge in [0.15, 0.2) is 0 Å². The van der Waals surface area contributed by atoms with Crippen molar-refractivity contribution in [1.29, 1.82) is 0 Å². The minimum absolute atomic E-state index is 0.343. The van der Waals surface area contributed by atoms with Crippen molar-refractivity contribution in [3.05, 3.63) is 65.1 Å². The first-order valence-electron chi connectivity index (χ1n) is 7.36. The Morgan fingerprint density at radius 3 is 2.08 bits per heavy atom. The molecule has 2 amide bonds. The van der Waals surface area contributed by atoms with E-state index >= 15 is 0 Å². The number of nitrogens with one attached hydrogen (secondary N) is 1. The molecule has 0 aliphatic carbocycles. The molecule has 2 aromatic carbocycles. The summed E-state index contributed by atoms with van der Waals surface area (Å²) in [5.41, 5.74) is 0.829. The van der Waals surface area contributed by atoms with Crippen LogP contribution in [0.25, 0.3) is 6.08 Å². The molecule has 2 aromatic rings. The van der Waals surface area contributed by atoms with Crippen LogP contribution in [0.15, 0.2) is 59.5 Å². The van der Waals surface area contributed by atoms with Crippen LogP contribution >= 0.6 is 11.8 Å². The zero-order chi connectivity index (χ0) is 16.8. The monoisotopic (exact) mass is 341 g/mol. The molecule has 1 aliphatic heterocycles. The largest absolute Gasteiger partial charge is 0.490 e. The van der Waals surface area contributed by atoms with E-state index in [2.05, 4.69) is 5.32 Å². The third-order valence-electron chi connectivity index (χ3n) is 3.18. The highest BCUT2D eigenvalue weighted by Gasteiger charge is 2.24. The molecule has 1 heterocycles. The third-order valence-corrected chi connectivity index (χ3v) is 3.99. The van der Waals surface area contributed by atoms with Crippen molar-refractivity contribution in [2.75, 3.05) is 13.2 Å². The number of carbonyl (C=O) groups excluding carboxylic acids is 2. The second-order valence-corrected chi connectivity index (χ2v) is 5.95. The molecular weight excluding hydrogens is 326 g/mol. The van der Waals surface area contributed by atoms with Crippen LogP contribution in [0.5, 0.6) is 11.5 Å². The van der Waals surface area contributed by atoms with Crippen LogP contribution in [0.2, 0.25) is 0 Å². The molecule has 122 valence electrons. The Morgan fingerprint density at radius 1 is 0.875 bits per heavy atom. The predicted octanol–water partition coefficient (Wildman–Crippen LogP) is 3.47. The standard InChI is InChI=1S/C18H15NO4S/c20-17-16(24-18(21)19-17)12-13-6-8-15(9-7-13)23-11-10-22-14-4-2-1-3-5-14/h1-9,12H,10-11H2,(H,19,20,21)/b16-12-. The lowest BCUT2D eigenvalue weighted by Gasteiger charge is -2.08. The molecule has 1 aliphatic rings. The minimum Gasteiger partial charge on any atom is -0.490 e. The van der Waals surface area contributed by atoms with Crippen LogP contribution < -0.4 is 14.8 Å². The van der Waals surface area contributed by atoms with Crippen LogP contribution in [0.1, 0.15) is 5.56 Å². The summed E-state index contributed by atoms with van der Waals surface area (Å²) in [6.07, 6.45) is 1.67. The molecular formula is C18H15NO4S. The Hall–Kier alpha value is -2.73. The van der Waals surface area contributed by atoms with E-state index in [1.54, 1.807) is 6.08 Å². The van der Waals surface area contributed by atoms with Crippen LogP contribution in [0.4, 0.5) is 4.79 Å². The van der Waals surface area contributed by atoms with E-state index in [9.17, 15) is 9.59 Å². The molecule has 0 saturated carbocycles. The first-order chi connectivity index (χ1) is 11.7. The number of para-hydroxylation sites is 1. The van der Waals surface area contributed by atoms with Crippen LogP contribution in [-0.4, -0.2) is 24.4 Å². The van der Waals surface area contributed by atoms with Gasteiger partial charge in [0.05, 0.1) is 4.91 Å². The number of rotatable bonds is 6. The van der Waals surface area contributed by atoms with Gasteiger partial charge in [-0.15, -0.1) is 0 Å². The number of hydrogen-bond acceptors (Lipinski definition) is 5. The second-order valence-electron chi connectivity index (χ2n) is 4.93. The van der Waals surface area contributed by atoms with E-state index in [1.807, 2.05) is 54.6 Å². The van der Waals surface area contributed by atoms with Crippen LogP contribution in [0, 0.1) is 0 Å². The first-order valence-corrected chi connectivity index (χ1v) is 8.18. The molecule has 1 N–H and O–H groups in total. The zero-order valence-electron chi connectivity index (χ0n) is 12.7. The lowest BCUT2D eigenvalue weighted by molar-refractivity contribution is -0.115. The topological polar surface area (TPSA) is 64.6 Å². The summed E-state index contributed by atoms with van der Waals surface area (Å²) in [5, 5.41) is 1.88. The Kier molecular flexibility index (Phi) is 5.18. The van der Waals surface area contributed by atoms with Gasteiger partial charge in [0, 0.05) is 0 Å². The van der Waals surface area contributed by atoms with Crippen molar-refractivity contribution in [2.45, 2.75) is 0 Å². The Bertz CT molecular complexity index is 756. The smallest absolute Gasteiger partial charge is 0.290 e. The van der Waals surface area contributed by atoms with Gasteiger partial charge in [0.25, 0.3) is 11.1 Å². The summed E-state index contributed by atoms with van der Waals surface area (Å²) in [5.74, 6) is 1.17. The van der Waals surface area contributed by atoms with E-state index in [-0.39, 0.29) is 11.1 Å². The quantitative estimate of drug-likeness (QED) is 0.644. The predicted molar refractivity (Wildman–Crippen MR) is 93.0 cm³/mol. The van der Waals surface area contributed by atoms with Gasteiger partial charge in [-0.3, -0.25) is 14.9 Å². The summed E-state index contributed by atoms with van der Waals surface area (Å²) < 4.78 is 11.2. The fraction of sp³-hybridized carbons (Fsp3) is 0.111. The number of carbonyl (C=O) groups is 2. The number of hydrogen-bond donors (Lipinski definition) is 1. The van der Waals surface area contributed by atoms with Crippen molar-refractivity contribution >= 4 is 29.0 Å². The summed E-state index contributed by atoms with van der Waals surface area (Å²) >= 11 is 0.901. The lowest BCUT2D eigenvalue weighted by Crippen LogP contribution is -2.17. The molecule has 1 fully saturated rings. The molecule has 0 spiro atoms. The summed E-state index contributed by atoms with van der Waals surface area (Å²) in [7, 11) is 0. The molecule has 0 atom stereocenters. The molecule has 3 rings (SSSR count). The SMILES string of the molecule is O=C1NC(=O)/C(=C/c2ccc(OCCOc3ccccc3)cc2)S1. The summed E-state index contributed by atoms with van der Waals surface area (Å²) in [6.45, 7) is 0.886. The number of benzene rings is 2. The number of amides is 2. The first kappa shape index (κ1) is 16.1. The molecule has 6 heteroatoms.